The van der Waals surface area contributed by atoms with Crippen LogP contribution < -0.4 is 5.90 Å². The Hall–Kier alpha value is -0.940. The van der Waals surface area contributed by atoms with Gasteiger partial charge in [0.05, 0.1) is 12.7 Å². The maximum absolute atomic E-state index is 9.07. The monoisotopic (exact) mass is 209 g/mol. The van der Waals surface area contributed by atoms with Gasteiger partial charge in [0.15, 0.2) is 0 Å². The van der Waals surface area contributed by atoms with Crippen LogP contribution in [-0.2, 0) is 9.57 Å². The van der Waals surface area contributed by atoms with Gasteiger partial charge in [0.2, 0.25) is 0 Å². The normalized spacial score (nSPS) is 30.7. The van der Waals surface area contributed by atoms with E-state index in [2.05, 4.69) is 0 Å². The van der Waals surface area contributed by atoms with Gasteiger partial charge in [-0.2, -0.15) is 0 Å². The molecule has 1 heterocycles. The number of rotatable bonds is 3. The van der Waals surface area contributed by atoms with Gasteiger partial charge in [0, 0.05) is 6.42 Å². The van der Waals surface area contributed by atoms with Crippen LogP contribution in [0.1, 0.15) is 18.1 Å². The molecule has 0 bridgehead atoms. The lowest BCUT2D eigenvalue weighted by Gasteiger charge is -2.13. The van der Waals surface area contributed by atoms with Crippen molar-refractivity contribution in [3.8, 4) is 0 Å². The smallest absolute Gasteiger partial charge is 0.110 e. The first-order valence-electron chi connectivity index (χ1n) is 5.02. The summed E-state index contributed by atoms with van der Waals surface area (Å²) in [4.78, 5) is 4.78. The lowest BCUT2D eigenvalue weighted by atomic mass is 10.0. The topological polar surface area (TPSA) is 64.7 Å². The molecule has 2 rings (SSSR count). The molecule has 82 valence electrons. The second-order valence-corrected chi connectivity index (χ2v) is 3.67. The van der Waals surface area contributed by atoms with E-state index < -0.39 is 0 Å². The first-order chi connectivity index (χ1) is 7.35. The summed E-state index contributed by atoms with van der Waals surface area (Å²) in [5.74, 6) is 5.15. The predicted octanol–water partition coefficient (Wildman–Crippen LogP) is 0.768. The van der Waals surface area contributed by atoms with E-state index in [0.717, 1.165) is 5.56 Å². The molecule has 0 aliphatic carbocycles. The van der Waals surface area contributed by atoms with Gasteiger partial charge < -0.3 is 9.84 Å². The van der Waals surface area contributed by atoms with Crippen LogP contribution in [0.25, 0.3) is 0 Å². The summed E-state index contributed by atoms with van der Waals surface area (Å²) >= 11 is 0. The fourth-order valence-corrected chi connectivity index (χ4v) is 1.90. The van der Waals surface area contributed by atoms with Crippen molar-refractivity contribution >= 4 is 0 Å². The minimum atomic E-state index is -0.319. The number of benzene rings is 1. The van der Waals surface area contributed by atoms with Gasteiger partial charge in [0.1, 0.15) is 12.2 Å². The van der Waals surface area contributed by atoms with Gasteiger partial charge in [-0.3, -0.25) is 4.84 Å². The number of nitrogens with two attached hydrogens (primary N) is 1. The highest BCUT2D eigenvalue weighted by atomic mass is 16.6. The van der Waals surface area contributed by atoms with Gasteiger partial charge in [-0.1, -0.05) is 30.3 Å². The third-order valence-electron chi connectivity index (χ3n) is 2.73. The minimum absolute atomic E-state index is 0.0306. The Morgan fingerprint density at radius 2 is 2.13 bits per heavy atom. The zero-order chi connectivity index (χ0) is 10.7. The standard InChI is InChI=1S/C11H15NO3/c12-15-10-6-9(14-11(10)7-13)8-4-2-1-3-5-8/h1-5,9-11,13H,6-7,12H2/t9-,10?,11-/m1/s1. The Kier molecular flexibility index (Phi) is 3.33. The lowest BCUT2D eigenvalue weighted by molar-refractivity contribution is -0.0484. The number of hydrogen-bond acceptors (Lipinski definition) is 4. The van der Waals surface area contributed by atoms with E-state index in [1.54, 1.807) is 0 Å². The minimum Gasteiger partial charge on any atom is -0.394 e. The largest absolute Gasteiger partial charge is 0.394 e. The summed E-state index contributed by atoms with van der Waals surface area (Å²) in [6.07, 6.45) is 0.114. The third-order valence-corrected chi connectivity index (χ3v) is 2.73. The van der Waals surface area contributed by atoms with Crippen LogP contribution in [0.3, 0.4) is 0 Å². The molecule has 1 aliphatic rings. The van der Waals surface area contributed by atoms with Crippen LogP contribution in [0, 0.1) is 0 Å². The molecule has 3 atom stereocenters. The van der Waals surface area contributed by atoms with Crippen molar-refractivity contribution in [1.82, 2.24) is 0 Å². The summed E-state index contributed by atoms with van der Waals surface area (Å²) in [6, 6.07) is 9.88. The zero-order valence-electron chi connectivity index (χ0n) is 8.37. The fraction of sp³-hybridized carbons (Fsp3) is 0.455. The number of aliphatic hydroxyl groups excluding tert-OH is 1. The van der Waals surface area contributed by atoms with Crippen molar-refractivity contribution in [3.63, 3.8) is 0 Å². The Labute approximate surface area is 88.6 Å². The van der Waals surface area contributed by atoms with Crippen molar-refractivity contribution in [2.24, 2.45) is 5.90 Å². The van der Waals surface area contributed by atoms with E-state index in [0.29, 0.717) is 6.42 Å². The summed E-state index contributed by atoms with van der Waals surface area (Å²) in [6.45, 7) is -0.0643. The van der Waals surface area contributed by atoms with Crippen molar-refractivity contribution < 1.29 is 14.7 Å². The highest BCUT2D eigenvalue weighted by Crippen LogP contribution is 2.33. The van der Waals surface area contributed by atoms with Gasteiger partial charge >= 0.3 is 0 Å². The molecule has 0 amide bonds. The highest BCUT2D eigenvalue weighted by molar-refractivity contribution is 5.18. The molecule has 0 spiro atoms. The SMILES string of the molecule is NOC1C[C@H](c2ccccc2)O[C@@H]1CO. The third kappa shape index (κ3) is 2.18. The van der Waals surface area contributed by atoms with Crippen molar-refractivity contribution in [3.05, 3.63) is 35.9 Å². The summed E-state index contributed by atoms with van der Waals surface area (Å²) in [5, 5.41) is 9.07. The van der Waals surface area contributed by atoms with Crippen LogP contribution >= 0.6 is 0 Å². The maximum atomic E-state index is 9.07. The number of hydrogen-bond donors (Lipinski definition) is 2. The Morgan fingerprint density at radius 1 is 1.40 bits per heavy atom. The fourth-order valence-electron chi connectivity index (χ4n) is 1.90. The zero-order valence-corrected chi connectivity index (χ0v) is 8.37. The molecule has 15 heavy (non-hydrogen) atoms. The van der Waals surface area contributed by atoms with E-state index in [9.17, 15) is 0 Å². The van der Waals surface area contributed by atoms with Gasteiger partial charge in [0.25, 0.3) is 0 Å². The second kappa shape index (κ2) is 4.72. The number of aliphatic hydroxyl groups is 1. The van der Waals surface area contributed by atoms with Crippen molar-refractivity contribution in [1.29, 1.82) is 0 Å². The van der Waals surface area contributed by atoms with Crippen LogP contribution in [-0.4, -0.2) is 23.9 Å². The van der Waals surface area contributed by atoms with E-state index in [-0.39, 0.29) is 24.9 Å². The molecular weight excluding hydrogens is 194 g/mol. The molecule has 1 unspecified atom stereocenters. The van der Waals surface area contributed by atoms with Crippen LogP contribution in [0.15, 0.2) is 30.3 Å². The Morgan fingerprint density at radius 3 is 2.67 bits per heavy atom. The molecule has 0 saturated carbocycles. The average molecular weight is 209 g/mol. The average Bonchev–Trinajstić information content (AvgIpc) is 2.73. The van der Waals surface area contributed by atoms with E-state index >= 15 is 0 Å². The van der Waals surface area contributed by atoms with Gasteiger partial charge in [-0.15, -0.1) is 0 Å². The van der Waals surface area contributed by atoms with Gasteiger partial charge in [-0.25, -0.2) is 5.90 Å². The predicted molar refractivity (Wildman–Crippen MR) is 54.8 cm³/mol. The summed E-state index contributed by atoms with van der Waals surface area (Å²) < 4.78 is 5.65. The second-order valence-electron chi connectivity index (χ2n) is 3.67. The Balaban J connectivity index is 2.08. The molecule has 1 fully saturated rings. The van der Waals surface area contributed by atoms with Gasteiger partial charge in [-0.05, 0) is 5.56 Å². The van der Waals surface area contributed by atoms with Crippen LogP contribution in [0.5, 0.6) is 0 Å². The molecule has 3 N–H and O–H groups in total. The van der Waals surface area contributed by atoms with E-state index in [1.165, 1.54) is 0 Å². The van der Waals surface area contributed by atoms with E-state index in [4.69, 9.17) is 20.6 Å². The van der Waals surface area contributed by atoms with Crippen molar-refractivity contribution in [2.45, 2.75) is 24.7 Å². The van der Waals surface area contributed by atoms with Crippen molar-refractivity contribution in [2.75, 3.05) is 6.61 Å². The summed E-state index contributed by atoms with van der Waals surface area (Å²) in [7, 11) is 0. The molecule has 1 aliphatic heterocycles. The molecule has 4 heteroatoms. The molecule has 0 aromatic heterocycles. The quantitative estimate of drug-likeness (QED) is 0.722. The lowest BCUT2D eigenvalue weighted by Crippen LogP contribution is -2.29. The first-order valence-corrected chi connectivity index (χ1v) is 5.02. The van der Waals surface area contributed by atoms with E-state index in [1.807, 2.05) is 30.3 Å². The van der Waals surface area contributed by atoms with Crippen LogP contribution in [0.4, 0.5) is 0 Å². The molecule has 0 radical (unpaired) electrons. The molecule has 1 saturated heterocycles. The molecule has 1 aromatic rings. The number of ether oxygens (including phenoxy) is 1. The molecule has 1 aromatic carbocycles. The first kappa shape index (κ1) is 10.6. The molecule has 4 nitrogen and oxygen atoms in total. The molecular formula is C11H15NO3. The maximum Gasteiger partial charge on any atom is 0.110 e. The highest BCUT2D eigenvalue weighted by Gasteiger charge is 2.36. The van der Waals surface area contributed by atoms with Crippen LogP contribution in [0.2, 0.25) is 0 Å². The summed E-state index contributed by atoms with van der Waals surface area (Å²) in [5.41, 5.74) is 1.09. The Bertz CT molecular complexity index is 292.